The monoisotopic (exact) mass is 300 g/mol. The zero-order valence-corrected chi connectivity index (χ0v) is 13.4. The van der Waals surface area contributed by atoms with E-state index in [1.165, 1.54) is 38.5 Å². The van der Waals surface area contributed by atoms with Crippen LogP contribution < -0.4 is 5.90 Å². The molecule has 5 heteroatoms. The van der Waals surface area contributed by atoms with Crippen molar-refractivity contribution < 1.29 is 14.7 Å². The first-order valence-electron chi connectivity index (χ1n) is 8.48. The van der Waals surface area contributed by atoms with Crippen molar-refractivity contribution in [3.63, 3.8) is 0 Å². The number of rotatable bonds is 11. The standard InChI is InChI=1S/C16H32N2O3/c1-2-3-4-5-6-7-8-9-10-16(20)18-12-15(19)11-14(18)13-21-17/h14-15,19H,2-13,17H2,1H3/t14-,15+/m0/s1. The topological polar surface area (TPSA) is 75.8 Å². The summed E-state index contributed by atoms with van der Waals surface area (Å²) in [5.74, 6) is 5.21. The normalized spacial score (nSPS) is 22.0. The lowest BCUT2D eigenvalue weighted by Crippen LogP contribution is -2.39. The molecule has 0 radical (unpaired) electrons. The molecule has 0 aromatic carbocycles. The van der Waals surface area contributed by atoms with Crippen molar-refractivity contribution in [1.82, 2.24) is 4.90 Å². The molecular formula is C16H32N2O3. The van der Waals surface area contributed by atoms with Crippen molar-refractivity contribution in [1.29, 1.82) is 0 Å². The number of hydrogen-bond donors (Lipinski definition) is 2. The third-order valence-electron chi connectivity index (χ3n) is 4.25. The molecule has 0 aromatic rings. The summed E-state index contributed by atoms with van der Waals surface area (Å²) < 4.78 is 0. The van der Waals surface area contributed by atoms with Crippen molar-refractivity contribution in [2.24, 2.45) is 5.90 Å². The molecule has 0 unspecified atom stereocenters. The van der Waals surface area contributed by atoms with E-state index in [1.807, 2.05) is 0 Å². The fraction of sp³-hybridized carbons (Fsp3) is 0.938. The quantitative estimate of drug-likeness (QED) is 0.454. The summed E-state index contributed by atoms with van der Waals surface area (Å²) in [5.41, 5.74) is 0. The second-order valence-electron chi connectivity index (χ2n) is 6.15. The smallest absolute Gasteiger partial charge is 0.222 e. The maximum absolute atomic E-state index is 12.2. The second-order valence-corrected chi connectivity index (χ2v) is 6.15. The third kappa shape index (κ3) is 7.25. The molecule has 1 fully saturated rings. The molecule has 1 amide bonds. The van der Waals surface area contributed by atoms with Gasteiger partial charge in [-0.15, -0.1) is 0 Å². The molecule has 0 saturated carbocycles. The Morgan fingerprint density at radius 2 is 1.81 bits per heavy atom. The van der Waals surface area contributed by atoms with Crippen LogP contribution in [-0.4, -0.2) is 41.2 Å². The zero-order chi connectivity index (χ0) is 15.5. The summed E-state index contributed by atoms with van der Waals surface area (Å²) >= 11 is 0. The Kier molecular flexibility index (Phi) is 9.63. The summed E-state index contributed by atoms with van der Waals surface area (Å²) in [7, 11) is 0. The van der Waals surface area contributed by atoms with Crippen LogP contribution in [0.15, 0.2) is 0 Å². The number of carbonyl (C=O) groups excluding carboxylic acids is 1. The van der Waals surface area contributed by atoms with Gasteiger partial charge in [0, 0.05) is 13.0 Å². The third-order valence-corrected chi connectivity index (χ3v) is 4.25. The number of amides is 1. The van der Waals surface area contributed by atoms with Crippen LogP contribution in [0.25, 0.3) is 0 Å². The first-order chi connectivity index (χ1) is 10.2. The van der Waals surface area contributed by atoms with Crippen LogP contribution in [-0.2, 0) is 9.63 Å². The van der Waals surface area contributed by atoms with E-state index < -0.39 is 6.10 Å². The molecule has 5 nitrogen and oxygen atoms in total. The van der Waals surface area contributed by atoms with Gasteiger partial charge in [0.1, 0.15) is 0 Å². The van der Waals surface area contributed by atoms with Gasteiger partial charge in [-0.3, -0.25) is 4.79 Å². The lowest BCUT2D eigenvalue weighted by molar-refractivity contribution is -0.133. The highest BCUT2D eigenvalue weighted by Gasteiger charge is 2.33. The maximum atomic E-state index is 12.2. The number of unbranched alkanes of at least 4 members (excludes halogenated alkanes) is 7. The van der Waals surface area contributed by atoms with Gasteiger partial charge in [0.2, 0.25) is 5.91 Å². The van der Waals surface area contributed by atoms with Crippen molar-refractivity contribution in [3.8, 4) is 0 Å². The summed E-state index contributed by atoms with van der Waals surface area (Å²) in [6.07, 6.45) is 10.5. The molecule has 1 saturated heterocycles. The van der Waals surface area contributed by atoms with Crippen LogP contribution in [0, 0.1) is 0 Å². The maximum Gasteiger partial charge on any atom is 0.222 e. The summed E-state index contributed by atoms with van der Waals surface area (Å²) in [4.78, 5) is 18.5. The number of β-amino-alcohol motifs (C(OH)–C–C–N with tert-alkyl or cyclic N) is 1. The van der Waals surface area contributed by atoms with E-state index in [-0.39, 0.29) is 11.9 Å². The number of nitrogens with two attached hydrogens (primary N) is 1. The van der Waals surface area contributed by atoms with Gasteiger partial charge >= 0.3 is 0 Å². The molecule has 1 rings (SSSR count). The van der Waals surface area contributed by atoms with Crippen LogP contribution in [0.3, 0.4) is 0 Å². The Balaban J connectivity index is 2.10. The number of likely N-dealkylation sites (tertiary alicyclic amines) is 1. The molecule has 3 N–H and O–H groups in total. The Morgan fingerprint density at radius 1 is 1.19 bits per heavy atom. The Hall–Kier alpha value is -0.650. The highest BCUT2D eigenvalue weighted by molar-refractivity contribution is 5.76. The minimum absolute atomic E-state index is 0.0634. The highest BCUT2D eigenvalue weighted by Crippen LogP contribution is 2.20. The second kappa shape index (κ2) is 11.0. The summed E-state index contributed by atoms with van der Waals surface area (Å²) in [6, 6.07) is -0.0634. The molecule has 2 atom stereocenters. The van der Waals surface area contributed by atoms with E-state index in [2.05, 4.69) is 11.8 Å². The van der Waals surface area contributed by atoms with Gasteiger partial charge in [-0.05, 0) is 12.8 Å². The zero-order valence-electron chi connectivity index (χ0n) is 13.4. The first-order valence-corrected chi connectivity index (χ1v) is 8.48. The van der Waals surface area contributed by atoms with E-state index in [9.17, 15) is 9.90 Å². The van der Waals surface area contributed by atoms with Crippen LogP contribution in [0.1, 0.15) is 71.1 Å². The minimum Gasteiger partial charge on any atom is -0.391 e. The number of aliphatic hydroxyl groups is 1. The number of carbonyl (C=O) groups is 1. The van der Waals surface area contributed by atoms with E-state index in [0.29, 0.717) is 26.0 Å². The van der Waals surface area contributed by atoms with Gasteiger partial charge in [-0.2, -0.15) is 0 Å². The fourth-order valence-electron chi connectivity index (χ4n) is 3.02. The molecule has 0 aliphatic carbocycles. The van der Waals surface area contributed by atoms with Crippen molar-refractivity contribution >= 4 is 5.91 Å². The Bertz CT molecular complexity index is 287. The molecule has 1 aliphatic heterocycles. The molecule has 0 aromatic heterocycles. The van der Waals surface area contributed by atoms with Gasteiger partial charge in [-0.25, -0.2) is 5.90 Å². The number of aliphatic hydroxyl groups excluding tert-OH is 1. The van der Waals surface area contributed by atoms with Crippen LogP contribution >= 0.6 is 0 Å². The van der Waals surface area contributed by atoms with Crippen molar-refractivity contribution in [2.45, 2.75) is 83.3 Å². The van der Waals surface area contributed by atoms with Crippen molar-refractivity contribution in [3.05, 3.63) is 0 Å². The molecule has 21 heavy (non-hydrogen) atoms. The summed E-state index contributed by atoms with van der Waals surface area (Å²) in [6.45, 7) is 2.95. The lowest BCUT2D eigenvalue weighted by Gasteiger charge is -2.23. The van der Waals surface area contributed by atoms with Crippen LogP contribution in [0.4, 0.5) is 0 Å². The molecule has 1 aliphatic rings. The van der Waals surface area contributed by atoms with E-state index >= 15 is 0 Å². The molecular weight excluding hydrogens is 268 g/mol. The lowest BCUT2D eigenvalue weighted by atomic mass is 10.1. The van der Waals surface area contributed by atoms with E-state index in [1.54, 1.807) is 4.90 Å². The Labute approximate surface area is 128 Å². The predicted molar refractivity (Wildman–Crippen MR) is 83.5 cm³/mol. The van der Waals surface area contributed by atoms with Gasteiger partial charge in [0.15, 0.2) is 0 Å². The van der Waals surface area contributed by atoms with Gasteiger partial charge in [0.25, 0.3) is 0 Å². The fourth-order valence-corrected chi connectivity index (χ4v) is 3.02. The molecule has 0 spiro atoms. The van der Waals surface area contributed by atoms with Gasteiger partial charge in [-0.1, -0.05) is 51.9 Å². The SMILES string of the molecule is CCCCCCCCCCC(=O)N1C[C@H](O)C[C@H]1CON. The van der Waals surface area contributed by atoms with Gasteiger partial charge in [0.05, 0.1) is 18.8 Å². The predicted octanol–water partition coefficient (Wildman–Crippen LogP) is 2.37. The van der Waals surface area contributed by atoms with Gasteiger partial charge < -0.3 is 14.8 Å². The van der Waals surface area contributed by atoms with E-state index in [4.69, 9.17) is 5.90 Å². The largest absolute Gasteiger partial charge is 0.391 e. The van der Waals surface area contributed by atoms with Crippen molar-refractivity contribution in [2.75, 3.05) is 13.2 Å². The minimum atomic E-state index is -0.437. The molecule has 0 bridgehead atoms. The van der Waals surface area contributed by atoms with Crippen LogP contribution in [0.2, 0.25) is 0 Å². The van der Waals surface area contributed by atoms with E-state index in [0.717, 1.165) is 12.8 Å². The highest BCUT2D eigenvalue weighted by atomic mass is 16.6. The summed E-state index contributed by atoms with van der Waals surface area (Å²) in [5, 5.41) is 9.67. The average Bonchev–Trinajstić information content (AvgIpc) is 2.83. The molecule has 124 valence electrons. The number of hydrogen-bond acceptors (Lipinski definition) is 4. The average molecular weight is 300 g/mol. The first kappa shape index (κ1) is 18.4. The molecule has 1 heterocycles. The Morgan fingerprint density at radius 3 is 2.43 bits per heavy atom. The number of nitrogens with zero attached hydrogens (tertiary/aromatic N) is 1. The van der Waals surface area contributed by atoms with Crippen LogP contribution in [0.5, 0.6) is 0 Å².